The Balaban J connectivity index is 2.00. The highest BCUT2D eigenvalue weighted by Crippen LogP contribution is 2.19. The van der Waals surface area contributed by atoms with Gasteiger partial charge in [0.1, 0.15) is 6.54 Å². The third-order valence-corrected chi connectivity index (χ3v) is 4.41. The molecule has 100 valence electrons. The van der Waals surface area contributed by atoms with Gasteiger partial charge in [-0.3, -0.25) is 14.2 Å². The molecule has 0 saturated carbocycles. The maximum Gasteiger partial charge on any atom is 0.307 e. The quantitative estimate of drug-likeness (QED) is 0.867. The third kappa shape index (κ3) is 2.64. The molecular formula is C12H18N2O3S. The lowest BCUT2D eigenvalue weighted by atomic mass is 10.0. The highest BCUT2D eigenvalue weighted by molar-refractivity contribution is 7.07. The molecule has 6 heteroatoms. The fraction of sp³-hybridized carbons (Fsp3) is 0.667. The monoisotopic (exact) mass is 270 g/mol. The Hall–Kier alpha value is -1.14. The van der Waals surface area contributed by atoms with E-state index in [9.17, 15) is 14.7 Å². The predicted molar refractivity (Wildman–Crippen MR) is 69.7 cm³/mol. The predicted octanol–water partition coefficient (Wildman–Crippen LogP) is 0.448. The van der Waals surface area contributed by atoms with Crippen LogP contribution in [0.3, 0.4) is 0 Å². The molecule has 1 aromatic heterocycles. The van der Waals surface area contributed by atoms with Crippen molar-refractivity contribution in [3.05, 3.63) is 20.7 Å². The average Bonchev–Trinajstić information content (AvgIpc) is 2.91. The van der Waals surface area contributed by atoms with Crippen LogP contribution in [-0.4, -0.2) is 39.7 Å². The van der Waals surface area contributed by atoms with E-state index < -0.39 is 0 Å². The van der Waals surface area contributed by atoms with E-state index in [4.69, 9.17) is 0 Å². The summed E-state index contributed by atoms with van der Waals surface area (Å²) in [5, 5.41) is 11.3. The van der Waals surface area contributed by atoms with Crippen LogP contribution < -0.4 is 4.87 Å². The van der Waals surface area contributed by atoms with Crippen molar-refractivity contribution < 1.29 is 9.90 Å². The SMILES string of the molecule is Cc1csc(=O)n1CC(=O)N1CCC(C(C)O)C1. The van der Waals surface area contributed by atoms with Gasteiger partial charge in [-0.25, -0.2) is 0 Å². The molecule has 0 bridgehead atoms. The minimum atomic E-state index is -0.381. The zero-order valence-electron chi connectivity index (χ0n) is 10.6. The van der Waals surface area contributed by atoms with E-state index in [0.29, 0.717) is 13.1 Å². The molecule has 1 N–H and O–H groups in total. The number of hydrogen-bond donors (Lipinski definition) is 1. The second-order valence-electron chi connectivity index (χ2n) is 4.86. The zero-order chi connectivity index (χ0) is 13.3. The smallest absolute Gasteiger partial charge is 0.307 e. The largest absolute Gasteiger partial charge is 0.393 e. The molecule has 0 aromatic carbocycles. The summed E-state index contributed by atoms with van der Waals surface area (Å²) in [6.45, 7) is 4.96. The minimum absolute atomic E-state index is 0.0400. The molecule has 1 fully saturated rings. The van der Waals surface area contributed by atoms with Gasteiger partial charge in [0.2, 0.25) is 5.91 Å². The molecular weight excluding hydrogens is 252 g/mol. The van der Waals surface area contributed by atoms with E-state index >= 15 is 0 Å². The first-order chi connectivity index (χ1) is 8.49. The number of likely N-dealkylation sites (tertiary alicyclic amines) is 1. The summed E-state index contributed by atoms with van der Waals surface area (Å²) in [5.41, 5.74) is 0.824. The number of carbonyl (C=O) groups is 1. The summed E-state index contributed by atoms with van der Waals surface area (Å²) in [6.07, 6.45) is 0.453. The van der Waals surface area contributed by atoms with Gasteiger partial charge in [-0.1, -0.05) is 11.3 Å². The van der Waals surface area contributed by atoms with E-state index in [-0.39, 0.29) is 29.3 Å². The lowest BCUT2D eigenvalue weighted by molar-refractivity contribution is -0.131. The van der Waals surface area contributed by atoms with E-state index in [1.54, 1.807) is 17.2 Å². The molecule has 2 unspecified atom stereocenters. The van der Waals surface area contributed by atoms with E-state index in [1.165, 1.54) is 4.57 Å². The summed E-state index contributed by atoms with van der Waals surface area (Å²) in [7, 11) is 0. The van der Waals surface area contributed by atoms with Crippen LogP contribution in [0, 0.1) is 12.8 Å². The Morgan fingerprint density at radius 3 is 2.89 bits per heavy atom. The molecule has 0 radical (unpaired) electrons. The lowest BCUT2D eigenvalue weighted by Gasteiger charge is -2.18. The van der Waals surface area contributed by atoms with Crippen molar-refractivity contribution in [2.24, 2.45) is 5.92 Å². The fourth-order valence-electron chi connectivity index (χ4n) is 2.24. The molecule has 1 aliphatic rings. The van der Waals surface area contributed by atoms with Gasteiger partial charge in [0.15, 0.2) is 0 Å². The molecule has 5 nitrogen and oxygen atoms in total. The summed E-state index contributed by atoms with van der Waals surface area (Å²) < 4.78 is 1.50. The molecule has 2 heterocycles. The van der Waals surface area contributed by atoms with Crippen molar-refractivity contribution in [2.45, 2.75) is 32.9 Å². The van der Waals surface area contributed by atoms with Gasteiger partial charge in [0.25, 0.3) is 0 Å². The van der Waals surface area contributed by atoms with Gasteiger partial charge in [0.05, 0.1) is 6.10 Å². The number of nitrogens with zero attached hydrogens (tertiary/aromatic N) is 2. The van der Waals surface area contributed by atoms with E-state index in [0.717, 1.165) is 23.5 Å². The Kier molecular flexibility index (Phi) is 3.87. The van der Waals surface area contributed by atoms with Crippen molar-refractivity contribution in [3.63, 3.8) is 0 Å². The Labute approximate surface area is 110 Å². The first kappa shape index (κ1) is 13.3. The van der Waals surface area contributed by atoms with E-state index in [2.05, 4.69) is 0 Å². The number of aromatic nitrogens is 1. The number of carbonyl (C=O) groups excluding carboxylic acids is 1. The number of amides is 1. The number of aliphatic hydroxyl groups is 1. The second kappa shape index (κ2) is 5.24. The van der Waals surface area contributed by atoms with Crippen LogP contribution in [0.15, 0.2) is 10.2 Å². The number of thiazole rings is 1. The molecule has 1 amide bonds. The van der Waals surface area contributed by atoms with E-state index in [1.807, 2.05) is 6.92 Å². The zero-order valence-corrected chi connectivity index (χ0v) is 11.4. The first-order valence-electron chi connectivity index (χ1n) is 6.10. The lowest BCUT2D eigenvalue weighted by Crippen LogP contribution is -2.35. The first-order valence-corrected chi connectivity index (χ1v) is 6.97. The van der Waals surface area contributed by atoms with Crippen LogP contribution in [-0.2, 0) is 11.3 Å². The van der Waals surface area contributed by atoms with Gasteiger partial charge >= 0.3 is 4.87 Å². The minimum Gasteiger partial charge on any atom is -0.393 e. The van der Waals surface area contributed by atoms with Crippen LogP contribution in [0.1, 0.15) is 19.0 Å². The molecule has 1 aromatic rings. The van der Waals surface area contributed by atoms with Crippen LogP contribution in [0.4, 0.5) is 0 Å². The highest BCUT2D eigenvalue weighted by Gasteiger charge is 2.29. The fourth-order valence-corrected chi connectivity index (χ4v) is 2.97. The standard InChI is InChI=1S/C12H18N2O3S/c1-8-7-18-12(17)14(8)6-11(16)13-4-3-10(5-13)9(2)15/h7,9-10,15H,3-6H2,1-2H3. The molecule has 18 heavy (non-hydrogen) atoms. The molecule has 0 spiro atoms. The van der Waals surface area contributed by atoms with Crippen molar-refractivity contribution >= 4 is 17.2 Å². The van der Waals surface area contributed by atoms with Gasteiger partial charge in [0, 0.05) is 30.1 Å². The normalized spacial score (nSPS) is 21.3. The second-order valence-corrected chi connectivity index (χ2v) is 5.68. The summed E-state index contributed by atoms with van der Waals surface area (Å²) in [4.78, 5) is 25.3. The van der Waals surface area contributed by atoms with Gasteiger partial charge in [-0.15, -0.1) is 0 Å². The summed E-state index contributed by atoms with van der Waals surface area (Å²) in [6, 6.07) is 0. The van der Waals surface area contributed by atoms with Crippen molar-refractivity contribution in [1.82, 2.24) is 9.47 Å². The van der Waals surface area contributed by atoms with Gasteiger partial charge in [-0.2, -0.15) is 0 Å². The Morgan fingerprint density at radius 2 is 2.39 bits per heavy atom. The van der Waals surface area contributed by atoms with Gasteiger partial charge < -0.3 is 10.0 Å². The summed E-state index contributed by atoms with van der Waals surface area (Å²) in [5.74, 6) is 0.121. The maximum atomic E-state index is 12.1. The average molecular weight is 270 g/mol. The highest BCUT2D eigenvalue weighted by atomic mass is 32.1. The molecule has 2 atom stereocenters. The maximum absolute atomic E-state index is 12.1. The van der Waals surface area contributed by atoms with Crippen molar-refractivity contribution in [2.75, 3.05) is 13.1 Å². The topological polar surface area (TPSA) is 62.5 Å². The Bertz CT molecular complexity index is 492. The van der Waals surface area contributed by atoms with Crippen molar-refractivity contribution in [1.29, 1.82) is 0 Å². The Morgan fingerprint density at radius 1 is 1.67 bits per heavy atom. The number of hydrogen-bond acceptors (Lipinski definition) is 4. The number of aliphatic hydroxyl groups excluding tert-OH is 1. The molecule has 2 rings (SSSR count). The summed E-state index contributed by atoms with van der Waals surface area (Å²) >= 11 is 1.12. The molecule has 1 aliphatic heterocycles. The van der Waals surface area contributed by atoms with Crippen LogP contribution >= 0.6 is 11.3 Å². The van der Waals surface area contributed by atoms with Gasteiger partial charge in [-0.05, 0) is 20.3 Å². The number of rotatable bonds is 3. The molecule has 1 saturated heterocycles. The molecule has 0 aliphatic carbocycles. The van der Waals surface area contributed by atoms with Crippen LogP contribution in [0.2, 0.25) is 0 Å². The number of aryl methyl sites for hydroxylation is 1. The van der Waals surface area contributed by atoms with Crippen molar-refractivity contribution in [3.8, 4) is 0 Å². The van der Waals surface area contributed by atoms with Crippen LogP contribution in [0.25, 0.3) is 0 Å². The van der Waals surface area contributed by atoms with Crippen LogP contribution in [0.5, 0.6) is 0 Å². The third-order valence-electron chi connectivity index (χ3n) is 3.53.